The van der Waals surface area contributed by atoms with Gasteiger partial charge in [0.15, 0.2) is 17.7 Å². The van der Waals surface area contributed by atoms with Gasteiger partial charge in [-0.25, -0.2) is 9.07 Å². The van der Waals surface area contributed by atoms with Gasteiger partial charge in [0.05, 0.1) is 42.2 Å². The van der Waals surface area contributed by atoms with Gasteiger partial charge in [0.25, 0.3) is 5.91 Å². The van der Waals surface area contributed by atoms with Gasteiger partial charge < -0.3 is 15.4 Å². The second-order valence-corrected chi connectivity index (χ2v) is 11.6. The van der Waals surface area contributed by atoms with Gasteiger partial charge in [-0.1, -0.05) is 18.2 Å². The lowest BCUT2D eigenvalue weighted by molar-refractivity contribution is -0.138. The lowest BCUT2D eigenvalue weighted by Crippen LogP contribution is -2.43. The Kier molecular flexibility index (Phi) is 7.53. The monoisotopic (exact) mass is 610 g/mol. The standard InChI is InChI=1S/C32H31FN8O4/c33-23-14-27(28(42)12-19-4-5-22-16-37-41(26(22)11-19)30-3-1-2-10-45-30)39(17-23)29(43)18-40-25-7-6-20(21-8-9-35-36-15-21)13-24(25)31(38-40)32(34)44/h4-9,11,13,15-16,23,27,30H,1-3,10,12,14,17-18H2,(H2,34,44). The van der Waals surface area contributed by atoms with E-state index >= 15 is 0 Å². The predicted octanol–water partition coefficient (Wildman–Crippen LogP) is 3.39. The van der Waals surface area contributed by atoms with E-state index in [0.29, 0.717) is 17.5 Å². The number of carbonyl (C=O) groups is 3. The van der Waals surface area contributed by atoms with Crippen molar-refractivity contribution in [2.45, 2.75) is 57.1 Å². The number of ether oxygens (including phenoxy) is 1. The molecule has 5 aromatic rings. The molecule has 7 rings (SSSR count). The Morgan fingerprint density at radius 1 is 1.00 bits per heavy atom. The van der Waals surface area contributed by atoms with Gasteiger partial charge in [-0.3, -0.25) is 19.1 Å². The first-order valence-corrected chi connectivity index (χ1v) is 15.0. The molecule has 2 saturated heterocycles. The van der Waals surface area contributed by atoms with Crippen molar-refractivity contribution in [1.82, 2.24) is 34.7 Å². The summed E-state index contributed by atoms with van der Waals surface area (Å²) in [7, 11) is 0. The number of Topliss-reactive ketones (excluding diaryl/α,β-unsaturated/α-hetero) is 1. The molecule has 13 heteroatoms. The fourth-order valence-corrected chi connectivity index (χ4v) is 6.37. The molecule has 230 valence electrons. The number of alkyl halides is 1. The molecule has 2 aliphatic rings. The van der Waals surface area contributed by atoms with E-state index in [4.69, 9.17) is 10.5 Å². The Balaban J connectivity index is 1.11. The minimum Gasteiger partial charge on any atom is -0.364 e. The summed E-state index contributed by atoms with van der Waals surface area (Å²) in [5, 5.41) is 17.9. The summed E-state index contributed by atoms with van der Waals surface area (Å²) in [6.45, 7) is 0.201. The number of fused-ring (bicyclic) bond motifs is 2. The number of ketones is 1. The minimum atomic E-state index is -1.33. The van der Waals surface area contributed by atoms with Gasteiger partial charge in [0, 0.05) is 35.8 Å². The van der Waals surface area contributed by atoms with Crippen LogP contribution < -0.4 is 5.73 Å². The second-order valence-electron chi connectivity index (χ2n) is 11.6. The number of aromatic nitrogens is 6. The molecule has 0 radical (unpaired) electrons. The highest BCUT2D eigenvalue weighted by molar-refractivity contribution is 6.05. The lowest BCUT2D eigenvalue weighted by atomic mass is 10.0. The lowest BCUT2D eigenvalue weighted by Gasteiger charge is -2.24. The summed E-state index contributed by atoms with van der Waals surface area (Å²) in [5.41, 5.74) is 9.32. The number of hydrogen-bond acceptors (Lipinski definition) is 8. The van der Waals surface area contributed by atoms with E-state index in [1.807, 2.05) is 28.9 Å². The third kappa shape index (κ3) is 5.55. The van der Waals surface area contributed by atoms with Crippen LogP contribution in [0.5, 0.6) is 0 Å². The summed E-state index contributed by atoms with van der Waals surface area (Å²) in [6.07, 6.45) is 6.37. The molecule has 5 heterocycles. The first-order valence-electron chi connectivity index (χ1n) is 15.0. The van der Waals surface area contributed by atoms with Gasteiger partial charge in [0.2, 0.25) is 5.91 Å². The normalized spacial score (nSPS) is 20.2. The van der Waals surface area contributed by atoms with E-state index in [1.165, 1.54) is 9.58 Å². The number of hydrogen-bond donors (Lipinski definition) is 1. The van der Waals surface area contributed by atoms with E-state index < -0.39 is 24.0 Å². The summed E-state index contributed by atoms with van der Waals surface area (Å²) in [5.74, 6) is -1.47. The average Bonchev–Trinajstić information content (AvgIpc) is 3.76. The molecule has 0 spiro atoms. The zero-order chi connectivity index (χ0) is 31.1. The van der Waals surface area contributed by atoms with Gasteiger partial charge >= 0.3 is 0 Å². The Morgan fingerprint density at radius 3 is 2.67 bits per heavy atom. The maximum Gasteiger partial charge on any atom is 0.269 e. The zero-order valence-corrected chi connectivity index (χ0v) is 24.4. The Labute approximate surface area is 256 Å². The van der Waals surface area contributed by atoms with Crippen molar-refractivity contribution in [2.75, 3.05) is 13.2 Å². The smallest absolute Gasteiger partial charge is 0.269 e. The van der Waals surface area contributed by atoms with Crippen LogP contribution in [0.3, 0.4) is 0 Å². The van der Waals surface area contributed by atoms with Crippen LogP contribution in [-0.2, 0) is 27.3 Å². The molecule has 2 amide bonds. The van der Waals surface area contributed by atoms with Gasteiger partial charge in [-0.15, -0.1) is 0 Å². The molecule has 45 heavy (non-hydrogen) atoms. The second kappa shape index (κ2) is 11.8. The number of benzene rings is 2. The topological polar surface area (TPSA) is 151 Å². The van der Waals surface area contributed by atoms with E-state index in [0.717, 1.165) is 46.9 Å². The molecule has 3 atom stereocenters. The molecular weight excluding hydrogens is 579 g/mol. The van der Waals surface area contributed by atoms with Gasteiger partial charge in [0.1, 0.15) is 12.7 Å². The Hall–Kier alpha value is -5.04. The number of likely N-dealkylation sites (tertiary alicyclic amines) is 1. The molecule has 2 fully saturated rings. The number of primary amides is 1. The van der Waals surface area contributed by atoms with Crippen LogP contribution in [0.1, 0.15) is 48.0 Å². The van der Waals surface area contributed by atoms with Crippen LogP contribution in [-0.4, -0.2) is 77.6 Å². The molecule has 0 aliphatic carbocycles. The minimum absolute atomic E-state index is 0.00680. The molecule has 12 nitrogen and oxygen atoms in total. The highest BCUT2D eigenvalue weighted by Crippen LogP contribution is 2.29. The highest BCUT2D eigenvalue weighted by atomic mass is 19.1. The summed E-state index contributed by atoms with van der Waals surface area (Å²) in [4.78, 5) is 40.7. The van der Waals surface area contributed by atoms with E-state index in [9.17, 15) is 18.8 Å². The molecule has 0 saturated carbocycles. The number of rotatable bonds is 8. The molecule has 2 aliphatic heterocycles. The van der Waals surface area contributed by atoms with Crippen LogP contribution >= 0.6 is 0 Å². The van der Waals surface area contributed by atoms with Gasteiger partial charge in [-0.2, -0.15) is 20.4 Å². The third-order valence-corrected chi connectivity index (χ3v) is 8.60. The quantitative estimate of drug-likeness (QED) is 0.281. The zero-order valence-electron chi connectivity index (χ0n) is 24.4. The average molecular weight is 611 g/mol. The summed E-state index contributed by atoms with van der Waals surface area (Å²) < 4.78 is 23.9. The summed E-state index contributed by atoms with van der Waals surface area (Å²) in [6, 6.07) is 11.9. The molecule has 3 unspecified atom stereocenters. The fraction of sp³-hybridized carbons (Fsp3) is 0.344. The Morgan fingerprint density at radius 2 is 1.89 bits per heavy atom. The van der Waals surface area contributed by atoms with E-state index in [-0.39, 0.29) is 43.6 Å². The fourth-order valence-electron chi connectivity index (χ4n) is 6.37. The maximum absolute atomic E-state index is 14.8. The molecule has 3 aromatic heterocycles. The molecule has 2 N–H and O–H groups in total. The van der Waals surface area contributed by atoms with Crippen LogP contribution in [0.2, 0.25) is 0 Å². The molecule has 2 aromatic carbocycles. The predicted molar refractivity (Wildman–Crippen MR) is 162 cm³/mol. The number of amides is 2. The molecular formula is C32H31FN8O4. The van der Waals surface area contributed by atoms with E-state index in [1.54, 1.807) is 36.8 Å². The van der Waals surface area contributed by atoms with Crippen LogP contribution in [0, 0.1) is 0 Å². The van der Waals surface area contributed by atoms with Crippen LogP contribution in [0.15, 0.2) is 61.1 Å². The van der Waals surface area contributed by atoms with Crippen LogP contribution in [0.25, 0.3) is 32.9 Å². The number of nitrogens with two attached hydrogens (primary N) is 1. The largest absolute Gasteiger partial charge is 0.364 e. The number of carbonyl (C=O) groups excluding carboxylic acids is 3. The van der Waals surface area contributed by atoms with Crippen molar-refractivity contribution in [3.63, 3.8) is 0 Å². The van der Waals surface area contributed by atoms with Crippen molar-refractivity contribution < 1.29 is 23.5 Å². The van der Waals surface area contributed by atoms with Crippen molar-refractivity contribution >= 4 is 39.4 Å². The third-order valence-electron chi connectivity index (χ3n) is 8.60. The molecule has 0 bridgehead atoms. The van der Waals surface area contributed by atoms with Crippen molar-refractivity contribution in [3.05, 3.63) is 72.3 Å². The Bertz CT molecular complexity index is 1920. The number of halogens is 1. The number of nitrogens with zero attached hydrogens (tertiary/aromatic N) is 7. The van der Waals surface area contributed by atoms with Crippen molar-refractivity contribution in [2.24, 2.45) is 5.73 Å². The SMILES string of the molecule is NC(=O)c1nn(CC(=O)N2CC(F)CC2C(=O)Cc2ccc3cnn(C4CCCCO4)c3c2)c2ccc(-c3ccnnc3)cc12. The van der Waals surface area contributed by atoms with Gasteiger partial charge in [-0.05, 0) is 54.7 Å². The summed E-state index contributed by atoms with van der Waals surface area (Å²) >= 11 is 0. The van der Waals surface area contributed by atoms with E-state index in [2.05, 4.69) is 20.4 Å². The first kappa shape index (κ1) is 28.7. The maximum atomic E-state index is 14.8. The first-order chi connectivity index (χ1) is 21.9. The van der Waals surface area contributed by atoms with Crippen LogP contribution in [0.4, 0.5) is 4.39 Å². The van der Waals surface area contributed by atoms with Crippen molar-refractivity contribution in [3.8, 4) is 11.1 Å². The highest BCUT2D eigenvalue weighted by Gasteiger charge is 2.39. The van der Waals surface area contributed by atoms with Crippen molar-refractivity contribution in [1.29, 1.82) is 0 Å².